The van der Waals surface area contributed by atoms with E-state index in [0.29, 0.717) is 21.8 Å². The summed E-state index contributed by atoms with van der Waals surface area (Å²) in [7, 11) is 1.38. The van der Waals surface area contributed by atoms with Gasteiger partial charge in [-0.3, -0.25) is 14.2 Å². The molecule has 5 aromatic rings. The average molecular weight is 580 g/mol. The summed E-state index contributed by atoms with van der Waals surface area (Å²) in [5.74, 6) is -1.03. The second kappa shape index (κ2) is 11.6. The summed E-state index contributed by atoms with van der Waals surface area (Å²) in [5.41, 5.74) is 6.37. The first kappa shape index (κ1) is 29.3. The Morgan fingerprint density at radius 3 is 2.14 bits per heavy atom. The first-order valence-corrected chi connectivity index (χ1v) is 14.3. The molecule has 0 aliphatic carbocycles. The number of carbonyl (C=O) groups excluding carboxylic acids is 2. The van der Waals surface area contributed by atoms with Crippen LogP contribution in [0, 0.1) is 13.8 Å². The SMILES string of the molecule is COC(=O)C(C)(C)c1ccc2c(c1)c(C(CO)c1ccccc1)c(-c1cc(C)cc(C)c1)n2C(=O)c1ccc(Cl)cc1. The Kier molecular flexibility index (Phi) is 8.09. The molecule has 0 saturated heterocycles. The van der Waals surface area contributed by atoms with Gasteiger partial charge >= 0.3 is 5.97 Å². The first-order valence-electron chi connectivity index (χ1n) is 13.9. The van der Waals surface area contributed by atoms with E-state index in [1.165, 1.54) is 7.11 Å². The van der Waals surface area contributed by atoms with E-state index in [4.69, 9.17) is 16.3 Å². The number of esters is 1. The van der Waals surface area contributed by atoms with Crippen molar-refractivity contribution in [1.82, 2.24) is 4.57 Å². The van der Waals surface area contributed by atoms with Gasteiger partial charge in [-0.25, -0.2) is 0 Å². The molecular weight excluding hydrogens is 546 g/mol. The number of benzene rings is 4. The van der Waals surface area contributed by atoms with Crippen molar-refractivity contribution in [3.05, 3.63) is 129 Å². The second-order valence-electron chi connectivity index (χ2n) is 11.3. The summed E-state index contributed by atoms with van der Waals surface area (Å²) in [6, 6.07) is 28.6. The molecule has 0 radical (unpaired) electrons. The molecule has 214 valence electrons. The molecular formula is C36H34ClNO4. The normalized spacial score (nSPS) is 12.4. The van der Waals surface area contributed by atoms with E-state index >= 15 is 0 Å². The van der Waals surface area contributed by atoms with Crippen molar-refractivity contribution >= 4 is 34.4 Å². The number of aromatic nitrogens is 1. The van der Waals surface area contributed by atoms with Crippen LogP contribution in [0.2, 0.25) is 5.02 Å². The summed E-state index contributed by atoms with van der Waals surface area (Å²) in [6.45, 7) is 7.52. The Bertz CT molecular complexity index is 1770. The zero-order valence-electron chi connectivity index (χ0n) is 24.4. The van der Waals surface area contributed by atoms with E-state index in [2.05, 4.69) is 18.2 Å². The topological polar surface area (TPSA) is 68.5 Å². The number of aryl methyl sites for hydroxylation is 2. The lowest BCUT2D eigenvalue weighted by molar-refractivity contribution is -0.146. The monoisotopic (exact) mass is 579 g/mol. The van der Waals surface area contributed by atoms with Gasteiger partial charge in [0.15, 0.2) is 0 Å². The summed E-state index contributed by atoms with van der Waals surface area (Å²) >= 11 is 6.17. The molecule has 1 heterocycles. The minimum Gasteiger partial charge on any atom is -0.468 e. The molecule has 0 bridgehead atoms. The van der Waals surface area contributed by atoms with Gasteiger partial charge in [0.25, 0.3) is 5.91 Å². The fraction of sp³-hybridized carbons (Fsp3) is 0.222. The van der Waals surface area contributed by atoms with Crippen LogP contribution >= 0.6 is 11.6 Å². The van der Waals surface area contributed by atoms with Crippen LogP contribution in [-0.4, -0.2) is 35.3 Å². The molecule has 0 fully saturated rings. The van der Waals surface area contributed by atoms with E-state index in [9.17, 15) is 14.7 Å². The fourth-order valence-corrected chi connectivity index (χ4v) is 5.93. The number of halogens is 1. The smallest absolute Gasteiger partial charge is 0.315 e. The summed E-state index contributed by atoms with van der Waals surface area (Å²) in [6.07, 6.45) is 0. The van der Waals surface area contributed by atoms with E-state index in [1.807, 2.05) is 76.2 Å². The van der Waals surface area contributed by atoms with Gasteiger partial charge in [-0.2, -0.15) is 0 Å². The molecule has 0 aliphatic rings. The van der Waals surface area contributed by atoms with Crippen molar-refractivity contribution in [2.24, 2.45) is 0 Å². The number of rotatable bonds is 7. The highest BCUT2D eigenvalue weighted by atomic mass is 35.5. The number of aliphatic hydroxyl groups excluding tert-OH is 1. The number of fused-ring (bicyclic) bond motifs is 1. The van der Waals surface area contributed by atoms with Crippen LogP contribution in [0.3, 0.4) is 0 Å². The van der Waals surface area contributed by atoms with Crippen LogP contribution in [-0.2, 0) is 14.9 Å². The Morgan fingerprint density at radius 1 is 0.905 bits per heavy atom. The van der Waals surface area contributed by atoms with E-state index in [-0.39, 0.29) is 18.5 Å². The van der Waals surface area contributed by atoms with Crippen molar-refractivity contribution in [2.75, 3.05) is 13.7 Å². The van der Waals surface area contributed by atoms with Gasteiger partial charge in [0.05, 0.1) is 30.3 Å². The van der Waals surface area contributed by atoms with Gasteiger partial charge in [0, 0.05) is 21.9 Å². The van der Waals surface area contributed by atoms with Crippen LogP contribution in [0.15, 0.2) is 91.0 Å². The third-order valence-corrected chi connectivity index (χ3v) is 8.20. The third kappa shape index (κ3) is 5.26. The number of nitrogens with zero attached hydrogens (tertiary/aromatic N) is 1. The first-order chi connectivity index (χ1) is 20.1. The molecule has 0 amide bonds. The number of aliphatic hydroxyl groups is 1. The van der Waals surface area contributed by atoms with Crippen LogP contribution in [0.5, 0.6) is 0 Å². The molecule has 1 atom stereocenters. The number of hydrogen-bond acceptors (Lipinski definition) is 4. The molecule has 1 aromatic heterocycles. The standard InChI is InChI=1S/C36H34ClNO4/c1-22-17-23(2)19-26(18-22)33-32(30(21-39)24-9-7-6-8-10-24)29-20-27(36(3,4)35(41)42-5)13-16-31(29)38(33)34(40)25-11-14-28(37)15-12-25/h6-20,30,39H,21H2,1-5H3. The molecule has 0 aliphatic heterocycles. The Balaban J connectivity index is 1.94. The van der Waals surface area contributed by atoms with E-state index in [0.717, 1.165) is 38.8 Å². The largest absolute Gasteiger partial charge is 0.468 e. The second-order valence-corrected chi connectivity index (χ2v) is 11.7. The summed E-state index contributed by atoms with van der Waals surface area (Å²) in [4.78, 5) is 27.2. The summed E-state index contributed by atoms with van der Waals surface area (Å²) in [5, 5.41) is 12.3. The molecule has 1 unspecified atom stereocenters. The minimum absolute atomic E-state index is 0.180. The van der Waals surface area contributed by atoms with Crippen LogP contribution in [0.4, 0.5) is 0 Å². The minimum atomic E-state index is -0.940. The van der Waals surface area contributed by atoms with Gasteiger partial charge in [-0.05, 0) is 98.5 Å². The molecule has 5 nitrogen and oxygen atoms in total. The van der Waals surface area contributed by atoms with Crippen molar-refractivity contribution in [1.29, 1.82) is 0 Å². The highest BCUT2D eigenvalue weighted by Gasteiger charge is 2.34. The van der Waals surface area contributed by atoms with Gasteiger partial charge in [-0.1, -0.05) is 65.2 Å². The molecule has 0 spiro atoms. The number of hydrogen-bond donors (Lipinski definition) is 1. The highest BCUT2D eigenvalue weighted by molar-refractivity contribution is 6.30. The van der Waals surface area contributed by atoms with Gasteiger partial charge in [0.2, 0.25) is 0 Å². The molecule has 5 rings (SSSR count). The Hall–Kier alpha value is -4.19. The Labute approximate surface area is 251 Å². The quantitative estimate of drug-likeness (QED) is 0.199. The molecule has 4 aromatic carbocycles. The lowest BCUT2D eigenvalue weighted by atomic mass is 9.82. The maximum atomic E-state index is 14.4. The average Bonchev–Trinajstić information content (AvgIpc) is 3.31. The predicted molar refractivity (Wildman–Crippen MR) is 168 cm³/mol. The van der Waals surface area contributed by atoms with Crippen molar-refractivity contribution in [3.8, 4) is 11.3 Å². The maximum absolute atomic E-state index is 14.4. The number of ether oxygens (including phenoxy) is 1. The predicted octanol–water partition coefficient (Wildman–Crippen LogP) is 7.84. The summed E-state index contributed by atoms with van der Waals surface area (Å²) < 4.78 is 6.87. The van der Waals surface area contributed by atoms with Gasteiger partial charge in [-0.15, -0.1) is 0 Å². The van der Waals surface area contributed by atoms with Crippen LogP contribution < -0.4 is 0 Å². The molecule has 42 heavy (non-hydrogen) atoms. The van der Waals surface area contributed by atoms with Gasteiger partial charge in [0.1, 0.15) is 0 Å². The molecule has 6 heteroatoms. The van der Waals surface area contributed by atoms with Crippen molar-refractivity contribution < 1.29 is 19.4 Å². The lowest BCUT2D eigenvalue weighted by Crippen LogP contribution is -2.30. The zero-order chi connectivity index (χ0) is 30.2. The van der Waals surface area contributed by atoms with Gasteiger partial charge < -0.3 is 9.84 Å². The molecule has 1 N–H and O–H groups in total. The van der Waals surface area contributed by atoms with Crippen LogP contribution in [0.25, 0.3) is 22.2 Å². The van der Waals surface area contributed by atoms with E-state index in [1.54, 1.807) is 28.8 Å². The fourth-order valence-electron chi connectivity index (χ4n) is 5.81. The zero-order valence-corrected chi connectivity index (χ0v) is 25.2. The number of carbonyl (C=O) groups is 2. The van der Waals surface area contributed by atoms with Crippen LogP contribution in [0.1, 0.15) is 57.9 Å². The molecule has 0 saturated carbocycles. The highest BCUT2D eigenvalue weighted by Crippen LogP contribution is 2.43. The van der Waals surface area contributed by atoms with Crippen molar-refractivity contribution in [2.45, 2.75) is 39.0 Å². The third-order valence-electron chi connectivity index (χ3n) is 7.95. The number of methoxy groups -OCH3 is 1. The van der Waals surface area contributed by atoms with Crippen molar-refractivity contribution in [3.63, 3.8) is 0 Å². The maximum Gasteiger partial charge on any atom is 0.315 e. The Morgan fingerprint density at radius 2 is 1.55 bits per heavy atom. The van der Waals surface area contributed by atoms with E-state index < -0.39 is 11.3 Å². The lowest BCUT2D eigenvalue weighted by Gasteiger charge is -2.23.